The highest BCUT2D eigenvalue weighted by molar-refractivity contribution is 5.81. The molecule has 0 heterocycles. The molecule has 0 saturated heterocycles. The Bertz CT molecular complexity index is 269. The minimum absolute atomic E-state index is 1.10. The van der Waals surface area contributed by atoms with Crippen molar-refractivity contribution >= 4 is 5.71 Å². The summed E-state index contributed by atoms with van der Waals surface area (Å²) in [4.78, 5) is 4.17. The summed E-state index contributed by atoms with van der Waals surface area (Å²) in [7, 11) is 1.87. The summed E-state index contributed by atoms with van der Waals surface area (Å²) in [6.45, 7) is 8.74. The van der Waals surface area contributed by atoms with Crippen molar-refractivity contribution in [1.29, 1.82) is 0 Å². The predicted octanol–water partition coefficient (Wildman–Crippen LogP) is 4.94. The molecule has 1 nitrogen and oxygen atoms in total. The van der Waals surface area contributed by atoms with E-state index in [4.69, 9.17) is 0 Å². The molecule has 0 aromatic heterocycles. The summed E-state index contributed by atoms with van der Waals surface area (Å²) in [5, 5.41) is 0. The molecule has 0 radical (unpaired) electrons. The van der Waals surface area contributed by atoms with Gasteiger partial charge in [-0.3, -0.25) is 4.99 Å². The molecule has 0 N–H and O–H groups in total. The zero-order chi connectivity index (χ0) is 12.4. The van der Waals surface area contributed by atoms with Gasteiger partial charge in [0.05, 0.1) is 0 Å². The van der Waals surface area contributed by atoms with Crippen molar-refractivity contribution in [3.05, 3.63) is 23.3 Å². The molecular formula is C15H27N. The van der Waals surface area contributed by atoms with Crippen molar-refractivity contribution in [2.24, 2.45) is 4.99 Å². The van der Waals surface area contributed by atoms with Gasteiger partial charge in [0.2, 0.25) is 0 Å². The van der Waals surface area contributed by atoms with E-state index in [0.717, 1.165) is 19.3 Å². The second kappa shape index (κ2) is 9.38. The van der Waals surface area contributed by atoms with Gasteiger partial charge >= 0.3 is 0 Å². The quantitative estimate of drug-likeness (QED) is 0.426. The monoisotopic (exact) mass is 221 g/mol. The minimum Gasteiger partial charge on any atom is -0.298 e. The Morgan fingerprint density at radius 3 is 2.12 bits per heavy atom. The summed E-state index contributed by atoms with van der Waals surface area (Å²) in [5.41, 5.74) is 4.25. The number of allylic oxidation sites excluding steroid dienone is 4. The summed E-state index contributed by atoms with van der Waals surface area (Å²) in [6.07, 6.45) is 10.5. The van der Waals surface area contributed by atoms with Crippen molar-refractivity contribution in [3.63, 3.8) is 0 Å². The van der Waals surface area contributed by atoms with Gasteiger partial charge in [0.1, 0.15) is 0 Å². The van der Waals surface area contributed by atoms with Gasteiger partial charge in [0.15, 0.2) is 0 Å². The van der Waals surface area contributed by atoms with Gasteiger partial charge < -0.3 is 0 Å². The molecular weight excluding hydrogens is 194 g/mol. The molecule has 0 saturated carbocycles. The zero-order valence-electron chi connectivity index (χ0n) is 11.6. The van der Waals surface area contributed by atoms with Crippen LogP contribution < -0.4 is 0 Å². The van der Waals surface area contributed by atoms with Crippen LogP contribution >= 0.6 is 0 Å². The Balaban J connectivity index is 3.83. The average Bonchev–Trinajstić information content (AvgIpc) is 2.26. The SMILES string of the molecule is CC/C=C(\C)CC/C=C(\C)CCC(C)=NC. The Labute approximate surface area is 101 Å². The van der Waals surface area contributed by atoms with Crippen LogP contribution in [0.1, 0.15) is 59.8 Å². The van der Waals surface area contributed by atoms with Gasteiger partial charge in [-0.25, -0.2) is 0 Å². The van der Waals surface area contributed by atoms with E-state index in [1.54, 1.807) is 0 Å². The maximum atomic E-state index is 4.17. The molecule has 0 aliphatic carbocycles. The topological polar surface area (TPSA) is 12.4 Å². The highest BCUT2D eigenvalue weighted by atomic mass is 14.7. The largest absolute Gasteiger partial charge is 0.298 e. The third kappa shape index (κ3) is 8.46. The fraction of sp³-hybridized carbons (Fsp3) is 0.667. The Hall–Kier alpha value is -0.850. The third-order valence-electron chi connectivity index (χ3n) is 2.85. The first-order chi connectivity index (χ1) is 7.60. The van der Waals surface area contributed by atoms with Crippen LogP contribution in [0.25, 0.3) is 0 Å². The van der Waals surface area contributed by atoms with Crippen LogP contribution in [-0.2, 0) is 0 Å². The first kappa shape index (κ1) is 15.2. The predicted molar refractivity (Wildman–Crippen MR) is 75.3 cm³/mol. The number of hydrogen-bond donors (Lipinski definition) is 0. The highest BCUT2D eigenvalue weighted by Crippen LogP contribution is 2.10. The average molecular weight is 221 g/mol. The van der Waals surface area contributed by atoms with E-state index in [2.05, 4.69) is 44.8 Å². The van der Waals surface area contributed by atoms with E-state index < -0.39 is 0 Å². The lowest BCUT2D eigenvalue weighted by atomic mass is 10.1. The summed E-state index contributed by atoms with van der Waals surface area (Å²) >= 11 is 0. The molecule has 0 aromatic rings. The van der Waals surface area contributed by atoms with E-state index >= 15 is 0 Å². The molecule has 0 rings (SSSR count). The van der Waals surface area contributed by atoms with Crippen LogP contribution in [0.4, 0.5) is 0 Å². The smallest absolute Gasteiger partial charge is 0.0276 e. The fourth-order valence-corrected chi connectivity index (χ4v) is 1.59. The van der Waals surface area contributed by atoms with Crippen LogP contribution in [0.3, 0.4) is 0 Å². The van der Waals surface area contributed by atoms with Gasteiger partial charge in [-0.05, 0) is 52.9 Å². The molecule has 0 fully saturated rings. The van der Waals surface area contributed by atoms with Crippen LogP contribution in [-0.4, -0.2) is 12.8 Å². The summed E-state index contributed by atoms with van der Waals surface area (Å²) < 4.78 is 0. The van der Waals surface area contributed by atoms with Gasteiger partial charge in [-0.1, -0.05) is 30.2 Å². The third-order valence-corrected chi connectivity index (χ3v) is 2.85. The van der Waals surface area contributed by atoms with Gasteiger partial charge in [-0.15, -0.1) is 0 Å². The number of hydrogen-bond acceptors (Lipinski definition) is 1. The van der Waals surface area contributed by atoms with Crippen molar-refractivity contribution < 1.29 is 0 Å². The molecule has 0 aliphatic heterocycles. The van der Waals surface area contributed by atoms with Crippen LogP contribution in [0, 0.1) is 0 Å². The molecule has 0 aliphatic rings. The number of aliphatic imine (C=N–C) groups is 1. The Morgan fingerprint density at radius 2 is 1.56 bits per heavy atom. The fourth-order valence-electron chi connectivity index (χ4n) is 1.59. The Morgan fingerprint density at radius 1 is 0.938 bits per heavy atom. The molecule has 0 spiro atoms. The number of nitrogens with zero attached hydrogens (tertiary/aromatic N) is 1. The second-order valence-electron chi connectivity index (χ2n) is 4.51. The van der Waals surface area contributed by atoms with E-state index in [9.17, 15) is 0 Å². The summed E-state index contributed by atoms with van der Waals surface area (Å²) in [5.74, 6) is 0. The molecule has 1 heteroatoms. The molecule has 92 valence electrons. The van der Waals surface area contributed by atoms with E-state index in [-0.39, 0.29) is 0 Å². The van der Waals surface area contributed by atoms with E-state index in [1.807, 2.05) is 7.05 Å². The second-order valence-corrected chi connectivity index (χ2v) is 4.51. The van der Waals surface area contributed by atoms with E-state index in [1.165, 1.54) is 29.7 Å². The van der Waals surface area contributed by atoms with Crippen molar-refractivity contribution in [2.45, 2.75) is 59.8 Å². The van der Waals surface area contributed by atoms with Crippen molar-refractivity contribution in [3.8, 4) is 0 Å². The Kier molecular flexibility index (Phi) is 8.88. The first-order valence-electron chi connectivity index (χ1n) is 6.33. The van der Waals surface area contributed by atoms with Gasteiger partial charge in [0.25, 0.3) is 0 Å². The molecule has 0 atom stereocenters. The molecule has 0 bridgehead atoms. The molecule has 16 heavy (non-hydrogen) atoms. The van der Waals surface area contributed by atoms with E-state index in [0.29, 0.717) is 0 Å². The van der Waals surface area contributed by atoms with Crippen LogP contribution in [0.2, 0.25) is 0 Å². The normalized spacial score (nSPS) is 14.4. The van der Waals surface area contributed by atoms with Crippen LogP contribution in [0.15, 0.2) is 28.3 Å². The summed E-state index contributed by atoms with van der Waals surface area (Å²) in [6, 6.07) is 0. The molecule has 0 amide bonds. The lowest BCUT2D eigenvalue weighted by Gasteiger charge is -2.02. The zero-order valence-corrected chi connectivity index (χ0v) is 11.6. The van der Waals surface area contributed by atoms with Crippen LogP contribution in [0.5, 0.6) is 0 Å². The maximum absolute atomic E-state index is 4.17. The van der Waals surface area contributed by atoms with Crippen molar-refractivity contribution in [1.82, 2.24) is 0 Å². The lowest BCUT2D eigenvalue weighted by molar-refractivity contribution is 0.924. The lowest BCUT2D eigenvalue weighted by Crippen LogP contribution is -1.91. The first-order valence-corrected chi connectivity index (χ1v) is 6.33. The van der Waals surface area contributed by atoms with Gasteiger partial charge in [-0.2, -0.15) is 0 Å². The minimum atomic E-state index is 1.10. The maximum Gasteiger partial charge on any atom is 0.0276 e. The van der Waals surface area contributed by atoms with Gasteiger partial charge in [0, 0.05) is 12.8 Å². The number of rotatable bonds is 7. The molecule has 0 aromatic carbocycles. The molecule has 0 unspecified atom stereocenters. The highest BCUT2D eigenvalue weighted by Gasteiger charge is 1.94. The van der Waals surface area contributed by atoms with Crippen molar-refractivity contribution in [2.75, 3.05) is 7.05 Å². The standard InChI is InChI=1S/C15H27N/c1-6-8-13(2)9-7-10-14(3)11-12-15(4)16-5/h8,10H,6-7,9,11-12H2,1-5H3/b13-8+,14-10+,16-15?.